The molecule has 78 valence electrons. The average Bonchev–Trinajstić information content (AvgIpc) is 2.20. The summed E-state index contributed by atoms with van der Waals surface area (Å²) in [6, 6.07) is 3.20. The van der Waals surface area contributed by atoms with Crippen molar-refractivity contribution >= 4 is 0 Å². The summed E-state index contributed by atoms with van der Waals surface area (Å²) in [5, 5.41) is 7.25. The van der Waals surface area contributed by atoms with Crippen LogP contribution < -0.4 is 10.9 Å². The van der Waals surface area contributed by atoms with Crippen molar-refractivity contribution in [2.75, 3.05) is 13.1 Å². The Balaban J connectivity index is 2.25. The first-order valence-electron chi connectivity index (χ1n) is 5.07. The van der Waals surface area contributed by atoms with Crippen molar-refractivity contribution in [3.63, 3.8) is 0 Å². The van der Waals surface area contributed by atoms with E-state index in [0.29, 0.717) is 6.54 Å². The zero-order valence-corrected chi connectivity index (χ0v) is 8.57. The maximum Gasteiger partial charge on any atom is 0.266 e. The Kier molecular flexibility index (Phi) is 4.93. The van der Waals surface area contributed by atoms with Crippen molar-refractivity contribution in [2.45, 2.75) is 26.3 Å². The lowest BCUT2D eigenvalue weighted by Crippen LogP contribution is -2.24. The van der Waals surface area contributed by atoms with Gasteiger partial charge >= 0.3 is 0 Å². The van der Waals surface area contributed by atoms with Crippen molar-refractivity contribution in [1.82, 2.24) is 15.1 Å². The van der Waals surface area contributed by atoms with Crippen molar-refractivity contribution in [3.8, 4) is 0 Å². The lowest BCUT2D eigenvalue weighted by atomic mass is 10.4. The van der Waals surface area contributed by atoms with E-state index in [1.54, 1.807) is 12.3 Å². The third kappa shape index (κ3) is 3.70. The van der Waals surface area contributed by atoms with Crippen molar-refractivity contribution in [3.05, 3.63) is 28.7 Å². The minimum Gasteiger partial charge on any atom is -0.317 e. The van der Waals surface area contributed by atoms with E-state index in [4.69, 9.17) is 0 Å². The van der Waals surface area contributed by atoms with Crippen molar-refractivity contribution < 1.29 is 0 Å². The van der Waals surface area contributed by atoms with E-state index in [1.807, 2.05) is 0 Å². The fourth-order valence-corrected chi connectivity index (χ4v) is 1.21. The smallest absolute Gasteiger partial charge is 0.266 e. The van der Waals surface area contributed by atoms with Crippen LogP contribution in [-0.4, -0.2) is 22.9 Å². The molecule has 0 spiro atoms. The molecule has 0 amide bonds. The third-order valence-electron chi connectivity index (χ3n) is 1.94. The van der Waals surface area contributed by atoms with Crippen molar-refractivity contribution in [2.24, 2.45) is 0 Å². The van der Waals surface area contributed by atoms with Crippen LogP contribution in [0, 0.1) is 0 Å². The minimum atomic E-state index is -0.0250. The van der Waals surface area contributed by atoms with Crippen LogP contribution in [0.3, 0.4) is 0 Å². The van der Waals surface area contributed by atoms with Gasteiger partial charge in [-0.3, -0.25) is 4.79 Å². The Labute approximate surface area is 84.0 Å². The lowest BCUT2D eigenvalue weighted by Gasteiger charge is -2.04. The predicted molar refractivity (Wildman–Crippen MR) is 56.3 cm³/mol. The second-order valence-electron chi connectivity index (χ2n) is 3.19. The van der Waals surface area contributed by atoms with Gasteiger partial charge in [-0.15, -0.1) is 0 Å². The van der Waals surface area contributed by atoms with E-state index in [0.717, 1.165) is 25.9 Å². The van der Waals surface area contributed by atoms with Gasteiger partial charge in [-0.2, -0.15) is 5.10 Å². The van der Waals surface area contributed by atoms with Crippen molar-refractivity contribution in [1.29, 1.82) is 0 Å². The van der Waals surface area contributed by atoms with Gasteiger partial charge in [-0.25, -0.2) is 4.68 Å². The molecular formula is C10H17N3O. The van der Waals surface area contributed by atoms with E-state index in [1.165, 1.54) is 10.7 Å². The molecule has 0 saturated heterocycles. The number of nitrogens with zero attached hydrogens (tertiary/aromatic N) is 2. The fourth-order valence-electron chi connectivity index (χ4n) is 1.21. The summed E-state index contributed by atoms with van der Waals surface area (Å²) < 4.78 is 1.49. The molecule has 1 aromatic rings. The summed E-state index contributed by atoms with van der Waals surface area (Å²) in [7, 11) is 0. The molecule has 0 fully saturated rings. The molecule has 0 aromatic carbocycles. The van der Waals surface area contributed by atoms with Crippen LogP contribution in [0.25, 0.3) is 0 Å². The zero-order chi connectivity index (χ0) is 10.2. The van der Waals surface area contributed by atoms with E-state index in [-0.39, 0.29) is 5.56 Å². The lowest BCUT2D eigenvalue weighted by molar-refractivity contribution is 0.522. The van der Waals surface area contributed by atoms with Gasteiger partial charge in [0.1, 0.15) is 0 Å². The van der Waals surface area contributed by atoms with Gasteiger partial charge in [0.25, 0.3) is 5.56 Å². The zero-order valence-electron chi connectivity index (χ0n) is 8.57. The van der Waals surface area contributed by atoms with Crippen LogP contribution in [-0.2, 0) is 6.54 Å². The molecule has 0 aliphatic carbocycles. The van der Waals surface area contributed by atoms with Gasteiger partial charge in [-0.05, 0) is 32.0 Å². The van der Waals surface area contributed by atoms with Gasteiger partial charge in [-0.1, -0.05) is 6.92 Å². The first-order chi connectivity index (χ1) is 6.84. The Morgan fingerprint density at radius 2 is 2.36 bits per heavy atom. The van der Waals surface area contributed by atoms with Gasteiger partial charge in [0.05, 0.1) is 0 Å². The number of aryl methyl sites for hydroxylation is 1. The summed E-state index contributed by atoms with van der Waals surface area (Å²) in [5.41, 5.74) is -0.0250. The molecule has 4 nitrogen and oxygen atoms in total. The largest absolute Gasteiger partial charge is 0.317 e. The first kappa shape index (κ1) is 10.9. The molecule has 0 saturated carbocycles. The molecule has 1 heterocycles. The predicted octanol–water partition coefficient (Wildman–Crippen LogP) is 0.633. The Bertz CT molecular complexity index is 308. The average molecular weight is 195 g/mol. The summed E-state index contributed by atoms with van der Waals surface area (Å²) in [6.45, 7) is 4.81. The Morgan fingerprint density at radius 3 is 3.07 bits per heavy atom. The van der Waals surface area contributed by atoms with E-state index in [9.17, 15) is 4.79 Å². The molecule has 14 heavy (non-hydrogen) atoms. The SMILES string of the molecule is CCCNCCCn1ncccc1=O. The van der Waals surface area contributed by atoms with Crippen LogP contribution in [0.5, 0.6) is 0 Å². The van der Waals surface area contributed by atoms with Crippen LogP contribution in [0.1, 0.15) is 19.8 Å². The Morgan fingerprint density at radius 1 is 1.50 bits per heavy atom. The molecule has 1 N–H and O–H groups in total. The second kappa shape index (κ2) is 6.32. The third-order valence-corrected chi connectivity index (χ3v) is 1.94. The molecule has 1 rings (SSSR count). The van der Waals surface area contributed by atoms with Gasteiger partial charge in [0.15, 0.2) is 0 Å². The molecule has 0 bridgehead atoms. The molecule has 0 atom stereocenters. The van der Waals surface area contributed by atoms with E-state index < -0.39 is 0 Å². The summed E-state index contributed by atoms with van der Waals surface area (Å²) in [6.07, 6.45) is 3.72. The van der Waals surface area contributed by atoms with Crippen LogP contribution in [0.2, 0.25) is 0 Å². The number of hydrogen-bond donors (Lipinski definition) is 1. The highest BCUT2D eigenvalue weighted by Gasteiger charge is 1.94. The van der Waals surface area contributed by atoms with Crippen LogP contribution in [0.15, 0.2) is 23.1 Å². The number of rotatable bonds is 6. The van der Waals surface area contributed by atoms with Gasteiger partial charge in [0, 0.05) is 18.8 Å². The number of hydrogen-bond acceptors (Lipinski definition) is 3. The van der Waals surface area contributed by atoms with Gasteiger partial charge in [0.2, 0.25) is 0 Å². The molecule has 1 aromatic heterocycles. The molecule has 0 aliphatic rings. The van der Waals surface area contributed by atoms with Gasteiger partial charge < -0.3 is 5.32 Å². The molecule has 0 aliphatic heterocycles. The summed E-state index contributed by atoms with van der Waals surface area (Å²) in [4.78, 5) is 11.2. The molecule has 4 heteroatoms. The summed E-state index contributed by atoms with van der Waals surface area (Å²) in [5.74, 6) is 0. The molecule has 0 unspecified atom stereocenters. The normalized spacial score (nSPS) is 10.4. The van der Waals surface area contributed by atoms with Crippen LogP contribution >= 0.6 is 0 Å². The second-order valence-corrected chi connectivity index (χ2v) is 3.19. The highest BCUT2D eigenvalue weighted by atomic mass is 16.1. The number of nitrogens with one attached hydrogen (secondary N) is 1. The van der Waals surface area contributed by atoms with E-state index >= 15 is 0 Å². The monoisotopic (exact) mass is 195 g/mol. The Hall–Kier alpha value is -1.16. The number of aromatic nitrogens is 2. The highest BCUT2D eigenvalue weighted by molar-refractivity contribution is 4.84. The highest BCUT2D eigenvalue weighted by Crippen LogP contribution is 1.82. The topological polar surface area (TPSA) is 46.9 Å². The maximum atomic E-state index is 11.2. The quantitative estimate of drug-likeness (QED) is 0.677. The standard InChI is InChI=1S/C10H17N3O/c1-2-6-11-7-4-9-13-10(14)5-3-8-12-13/h3,5,8,11H,2,4,6-7,9H2,1H3. The first-order valence-corrected chi connectivity index (χ1v) is 5.07. The maximum absolute atomic E-state index is 11.2. The minimum absolute atomic E-state index is 0.0250. The van der Waals surface area contributed by atoms with E-state index in [2.05, 4.69) is 17.3 Å². The molecule has 0 radical (unpaired) electrons. The summed E-state index contributed by atoms with van der Waals surface area (Å²) >= 11 is 0. The van der Waals surface area contributed by atoms with Crippen LogP contribution in [0.4, 0.5) is 0 Å². The fraction of sp³-hybridized carbons (Fsp3) is 0.600. The molecular weight excluding hydrogens is 178 g/mol.